The van der Waals surface area contributed by atoms with Gasteiger partial charge in [0.25, 0.3) is 0 Å². The minimum atomic E-state index is -0.149. The molecule has 0 spiro atoms. The molecule has 3 rings (SSSR count). The second kappa shape index (κ2) is 9.41. The minimum Gasteiger partial charge on any atom is -0.495 e. The maximum Gasteiger partial charge on any atom is 0.228 e. The van der Waals surface area contributed by atoms with Crippen molar-refractivity contribution in [2.24, 2.45) is 0 Å². The molecule has 0 aliphatic heterocycles. The summed E-state index contributed by atoms with van der Waals surface area (Å²) in [6.07, 6.45) is 1.91. The lowest BCUT2D eigenvalue weighted by molar-refractivity contribution is -0.116. The second-order valence-corrected chi connectivity index (χ2v) is 6.22. The van der Waals surface area contributed by atoms with Crippen molar-refractivity contribution in [2.75, 3.05) is 24.4 Å². The third-order valence-corrected chi connectivity index (χ3v) is 4.01. The minimum absolute atomic E-state index is 0.149. The van der Waals surface area contributed by atoms with Gasteiger partial charge in [0.1, 0.15) is 17.3 Å². The van der Waals surface area contributed by atoms with E-state index in [2.05, 4.69) is 15.6 Å². The van der Waals surface area contributed by atoms with Gasteiger partial charge < -0.3 is 20.1 Å². The molecule has 1 heterocycles. The second-order valence-electron chi connectivity index (χ2n) is 6.22. The van der Waals surface area contributed by atoms with Gasteiger partial charge in [-0.2, -0.15) is 0 Å². The normalized spacial score (nSPS) is 10.2. The van der Waals surface area contributed by atoms with Gasteiger partial charge >= 0.3 is 0 Å². The number of nitrogens with zero attached hydrogens (tertiary/aromatic N) is 1. The molecule has 6 heteroatoms. The molecule has 0 saturated carbocycles. The highest BCUT2D eigenvalue weighted by Gasteiger charge is 2.06. The van der Waals surface area contributed by atoms with Crippen molar-refractivity contribution in [2.45, 2.75) is 13.3 Å². The largest absolute Gasteiger partial charge is 0.495 e. The monoisotopic (exact) mass is 377 g/mol. The summed E-state index contributed by atoms with van der Waals surface area (Å²) in [5.41, 5.74) is 2.78. The van der Waals surface area contributed by atoms with Crippen LogP contribution in [0.3, 0.4) is 0 Å². The van der Waals surface area contributed by atoms with Crippen molar-refractivity contribution in [1.82, 2.24) is 4.98 Å². The fraction of sp³-hybridized carbons (Fsp3) is 0.182. The third kappa shape index (κ3) is 5.48. The lowest BCUT2D eigenvalue weighted by Crippen LogP contribution is -2.16. The zero-order valence-electron chi connectivity index (χ0n) is 15.9. The first-order chi connectivity index (χ1) is 13.6. The number of amides is 1. The molecular formula is C22H23N3O3. The van der Waals surface area contributed by atoms with Crippen LogP contribution in [0.1, 0.15) is 12.0 Å². The number of rotatable bonds is 8. The van der Waals surface area contributed by atoms with Gasteiger partial charge in [-0.1, -0.05) is 24.3 Å². The lowest BCUT2D eigenvalue weighted by atomic mass is 10.2. The van der Waals surface area contributed by atoms with E-state index >= 15 is 0 Å². The number of carbonyl (C=O) groups is 1. The molecule has 0 radical (unpaired) electrons. The molecule has 0 unspecified atom stereocenters. The van der Waals surface area contributed by atoms with Gasteiger partial charge in [-0.15, -0.1) is 0 Å². The van der Waals surface area contributed by atoms with Gasteiger partial charge in [-0.25, -0.2) is 4.98 Å². The molecule has 1 aromatic heterocycles. The third-order valence-electron chi connectivity index (χ3n) is 4.01. The quantitative estimate of drug-likeness (QED) is 0.602. The van der Waals surface area contributed by atoms with E-state index in [0.717, 1.165) is 28.4 Å². The Bertz CT molecular complexity index is 912. The van der Waals surface area contributed by atoms with Crippen LogP contribution in [-0.2, 0) is 4.79 Å². The molecule has 0 aliphatic carbocycles. The molecule has 1 amide bonds. The molecule has 3 aromatic rings. The number of nitrogens with one attached hydrogen (secondary N) is 2. The predicted octanol–water partition coefficient (Wildman–Crippen LogP) is 4.55. The smallest absolute Gasteiger partial charge is 0.228 e. The molecule has 0 fully saturated rings. The van der Waals surface area contributed by atoms with E-state index < -0.39 is 0 Å². The van der Waals surface area contributed by atoms with Crippen molar-refractivity contribution < 1.29 is 14.3 Å². The first-order valence-corrected chi connectivity index (χ1v) is 8.99. The summed E-state index contributed by atoms with van der Waals surface area (Å²) in [5.74, 6) is 1.84. The molecule has 28 heavy (non-hydrogen) atoms. The number of para-hydroxylation sites is 1. The number of benzene rings is 2. The summed E-state index contributed by atoms with van der Waals surface area (Å²) < 4.78 is 10.9. The molecular weight excluding hydrogens is 354 g/mol. The zero-order chi connectivity index (χ0) is 19.8. The Morgan fingerprint density at radius 3 is 2.61 bits per heavy atom. The van der Waals surface area contributed by atoms with Crippen molar-refractivity contribution in [1.29, 1.82) is 0 Å². The van der Waals surface area contributed by atoms with Gasteiger partial charge in [-0.3, -0.25) is 4.79 Å². The van der Waals surface area contributed by atoms with Crippen molar-refractivity contribution >= 4 is 23.1 Å². The summed E-state index contributed by atoms with van der Waals surface area (Å²) >= 11 is 0. The van der Waals surface area contributed by atoms with Crippen LogP contribution in [0, 0.1) is 6.92 Å². The van der Waals surface area contributed by atoms with Crippen LogP contribution in [-0.4, -0.2) is 24.6 Å². The fourth-order valence-electron chi connectivity index (χ4n) is 2.60. The van der Waals surface area contributed by atoms with Gasteiger partial charge in [-0.05, 0) is 48.9 Å². The molecule has 0 atom stereocenters. The van der Waals surface area contributed by atoms with Crippen LogP contribution >= 0.6 is 0 Å². The Kier molecular flexibility index (Phi) is 6.46. The Morgan fingerprint density at radius 2 is 1.89 bits per heavy atom. The van der Waals surface area contributed by atoms with Crippen LogP contribution in [0.4, 0.5) is 17.2 Å². The SMILES string of the molecule is COc1ccc(C)cc1Nc1ccc(NC(=O)CCOc2ccccc2)nc1. The molecule has 0 aliphatic rings. The summed E-state index contributed by atoms with van der Waals surface area (Å²) in [6.45, 7) is 2.33. The van der Waals surface area contributed by atoms with E-state index in [0.29, 0.717) is 12.4 Å². The highest BCUT2D eigenvalue weighted by atomic mass is 16.5. The lowest BCUT2D eigenvalue weighted by Gasteiger charge is -2.12. The van der Waals surface area contributed by atoms with Crippen LogP contribution in [0.2, 0.25) is 0 Å². The van der Waals surface area contributed by atoms with E-state index in [1.54, 1.807) is 19.4 Å². The van der Waals surface area contributed by atoms with Gasteiger partial charge in [0.2, 0.25) is 5.91 Å². The first-order valence-electron chi connectivity index (χ1n) is 8.99. The molecule has 6 nitrogen and oxygen atoms in total. The zero-order valence-corrected chi connectivity index (χ0v) is 15.9. The maximum atomic E-state index is 12.0. The summed E-state index contributed by atoms with van der Waals surface area (Å²) in [5, 5.41) is 6.05. The number of aryl methyl sites for hydroxylation is 1. The van der Waals surface area contributed by atoms with Crippen molar-refractivity contribution in [3.8, 4) is 11.5 Å². The van der Waals surface area contributed by atoms with Crippen molar-refractivity contribution in [3.05, 3.63) is 72.4 Å². The number of hydrogen-bond donors (Lipinski definition) is 2. The number of methoxy groups -OCH3 is 1. The van der Waals surface area contributed by atoms with E-state index in [4.69, 9.17) is 9.47 Å². The van der Waals surface area contributed by atoms with E-state index in [1.165, 1.54) is 0 Å². The first kappa shape index (κ1) is 19.2. The number of ether oxygens (including phenoxy) is 2. The Labute approximate surface area is 164 Å². The fourth-order valence-corrected chi connectivity index (χ4v) is 2.60. The standard InChI is InChI=1S/C22H23N3O3/c1-16-8-10-20(27-2)19(14-16)24-17-9-11-21(23-15-17)25-22(26)12-13-28-18-6-4-3-5-7-18/h3-11,14-15,24H,12-13H2,1-2H3,(H,23,25,26). The molecule has 0 saturated heterocycles. The van der Waals surface area contributed by atoms with E-state index in [9.17, 15) is 4.79 Å². The Balaban J connectivity index is 1.51. The van der Waals surface area contributed by atoms with E-state index in [-0.39, 0.29) is 12.3 Å². The number of pyridine rings is 1. The van der Waals surface area contributed by atoms with Crippen molar-refractivity contribution in [3.63, 3.8) is 0 Å². The highest BCUT2D eigenvalue weighted by molar-refractivity contribution is 5.89. The molecule has 2 aromatic carbocycles. The number of carbonyl (C=O) groups excluding carboxylic acids is 1. The average molecular weight is 377 g/mol. The van der Waals surface area contributed by atoms with Crippen LogP contribution in [0.15, 0.2) is 66.9 Å². The summed E-state index contributed by atoms with van der Waals surface area (Å²) in [6, 6.07) is 18.9. The summed E-state index contributed by atoms with van der Waals surface area (Å²) in [4.78, 5) is 16.3. The molecule has 2 N–H and O–H groups in total. The van der Waals surface area contributed by atoms with Crippen LogP contribution < -0.4 is 20.1 Å². The maximum absolute atomic E-state index is 12.0. The summed E-state index contributed by atoms with van der Waals surface area (Å²) in [7, 11) is 1.63. The van der Waals surface area contributed by atoms with Gasteiger partial charge in [0, 0.05) is 0 Å². The topological polar surface area (TPSA) is 72.5 Å². The van der Waals surface area contributed by atoms with Crippen LogP contribution in [0.25, 0.3) is 0 Å². The van der Waals surface area contributed by atoms with Gasteiger partial charge in [0.15, 0.2) is 0 Å². The average Bonchev–Trinajstić information content (AvgIpc) is 2.70. The number of hydrogen-bond acceptors (Lipinski definition) is 5. The highest BCUT2D eigenvalue weighted by Crippen LogP contribution is 2.28. The molecule has 144 valence electrons. The molecule has 0 bridgehead atoms. The predicted molar refractivity (Wildman–Crippen MR) is 110 cm³/mol. The van der Waals surface area contributed by atoms with Crippen LogP contribution in [0.5, 0.6) is 11.5 Å². The van der Waals surface area contributed by atoms with E-state index in [1.807, 2.05) is 61.5 Å². The Hall–Kier alpha value is -3.54. The Morgan fingerprint density at radius 1 is 1.07 bits per heavy atom. The number of aromatic nitrogens is 1. The number of anilines is 3. The van der Waals surface area contributed by atoms with Gasteiger partial charge in [0.05, 0.1) is 37.7 Å².